The Balaban J connectivity index is 2.30. The number of carbonyl (C=O) groups excluding carboxylic acids is 1. The minimum atomic E-state index is -0.733. The smallest absolute Gasteiger partial charge is 0.244 e. The van der Waals surface area contributed by atoms with E-state index in [1.165, 1.54) is 0 Å². The molecule has 1 aliphatic heterocycles. The van der Waals surface area contributed by atoms with Gasteiger partial charge in [0.1, 0.15) is 11.3 Å². The van der Waals surface area contributed by atoms with Crippen molar-refractivity contribution in [1.82, 2.24) is 4.90 Å². The van der Waals surface area contributed by atoms with Crippen LogP contribution in [0, 0.1) is 0 Å². The quantitative estimate of drug-likeness (QED) is 0.852. The van der Waals surface area contributed by atoms with Gasteiger partial charge in [0, 0.05) is 12.6 Å². The first-order chi connectivity index (χ1) is 8.98. The highest BCUT2D eigenvalue weighted by molar-refractivity contribution is 5.89. The predicted molar refractivity (Wildman–Crippen MR) is 75.3 cm³/mol. The molecule has 1 aliphatic rings. The summed E-state index contributed by atoms with van der Waals surface area (Å²) in [6, 6.07) is 7.87. The molecular weight excluding hydrogens is 242 g/mol. The number of benzene rings is 1. The van der Waals surface area contributed by atoms with Gasteiger partial charge in [-0.15, -0.1) is 0 Å². The normalized spacial score (nSPS) is 27.2. The molecule has 104 valence electrons. The van der Waals surface area contributed by atoms with E-state index in [2.05, 4.69) is 17.1 Å². The number of hydrogen-bond acceptors (Lipinski definition) is 4. The second-order valence-electron chi connectivity index (χ2n) is 5.24. The van der Waals surface area contributed by atoms with E-state index in [1.54, 1.807) is 7.11 Å². The zero-order chi connectivity index (χ0) is 14.0. The summed E-state index contributed by atoms with van der Waals surface area (Å²) in [6.07, 6.45) is 0.691. The first-order valence-electron chi connectivity index (χ1n) is 6.40. The first kappa shape index (κ1) is 13.7. The third-order valence-corrected chi connectivity index (χ3v) is 3.87. The molecule has 3 N–H and O–H groups in total. The number of anilines is 1. The van der Waals surface area contributed by atoms with Gasteiger partial charge >= 0.3 is 0 Å². The number of methoxy groups -OCH3 is 1. The van der Waals surface area contributed by atoms with Crippen LogP contribution >= 0.6 is 0 Å². The van der Waals surface area contributed by atoms with Gasteiger partial charge < -0.3 is 20.7 Å². The maximum Gasteiger partial charge on any atom is 0.244 e. The molecule has 0 spiro atoms. The van der Waals surface area contributed by atoms with E-state index >= 15 is 0 Å². The van der Waals surface area contributed by atoms with E-state index in [0.29, 0.717) is 24.8 Å². The molecule has 0 aromatic heterocycles. The fraction of sp³-hybridized carbons (Fsp3) is 0.500. The molecule has 5 heteroatoms. The van der Waals surface area contributed by atoms with Crippen LogP contribution in [0.3, 0.4) is 0 Å². The monoisotopic (exact) mass is 263 g/mol. The van der Waals surface area contributed by atoms with Crippen LogP contribution in [0.4, 0.5) is 5.69 Å². The third-order valence-electron chi connectivity index (χ3n) is 3.87. The van der Waals surface area contributed by atoms with Crippen LogP contribution < -0.4 is 15.8 Å². The molecule has 2 atom stereocenters. The fourth-order valence-electron chi connectivity index (χ4n) is 2.64. The average Bonchev–Trinajstić information content (AvgIpc) is 2.66. The van der Waals surface area contributed by atoms with Crippen molar-refractivity contribution in [2.75, 3.05) is 26.0 Å². The van der Waals surface area contributed by atoms with Crippen molar-refractivity contribution in [3.8, 4) is 5.75 Å². The molecular formula is C14H21N3O2. The number of ether oxygens (including phenoxy) is 1. The topological polar surface area (TPSA) is 67.6 Å². The average molecular weight is 263 g/mol. The molecule has 0 saturated carbocycles. The highest BCUT2D eigenvalue weighted by Crippen LogP contribution is 2.33. The number of nitrogens with two attached hydrogens (primary N) is 1. The van der Waals surface area contributed by atoms with Gasteiger partial charge in [0.15, 0.2) is 0 Å². The Hall–Kier alpha value is -1.75. The van der Waals surface area contributed by atoms with Gasteiger partial charge in [-0.2, -0.15) is 0 Å². The summed E-state index contributed by atoms with van der Waals surface area (Å²) in [5, 5.41) is 3.29. The third kappa shape index (κ3) is 2.51. The van der Waals surface area contributed by atoms with Gasteiger partial charge in [0.25, 0.3) is 0 Å². The number of nitrogens with zero attached hydrogens (tertiary/aromatic N) is 1. The molecule has 1 fully saturated rings. The molecule has 1 aromatic carbocycles. The lowest BCUT2D eigenvalue weighted by atomic mass is 9.95. The van der Waals surface area contributed by atoms with Crippen molar-refractivity contribution >= 4 is 11.6 Å². The van der Waals surface area contributed by atoms with Crippen molar-refractivity contribution in [3.05, 3.63) is 24.3 Å². The van der Waals surface area contributed by atoms with Crippen LogP contribution in [-0.2, 0) is 4.79 Å². The van der Waals surface area contributed by atoms with Gasteiger partial charge in [-0.3, -0.25) is 4.79 Å². The van der Waals surface area contributed by atoms with Crippen molar-refractivity contribution in [1.29, 1.82) is 0 Å². The molecule has 19 heavy (non-hydrogen) atoms. The summed E-state index contributed by atoms with van der Waals surface area (Å²) in [5.41, 5.74) is 5.69. The Kier molecular flexibility index (Phi) is 3.66. The van der Waals surface area contributed by atoms with Crippen LogP contribution in [0.1, 0.15) is 13.3 Å². The fourth-order valence-corrected chi connectivity index (χ4v) is 2.64. The lowest BCUT2D eigenvalue weighted by Crippen LogP contribution is -2.52. The Morgan fingerprint density at radius 3 is 2.74 bits per heavy atom. The van der Waals surface area contributed by atoms with E-state index in [1.807, 2.05) is 31.3 Å². The molecule has 5 nitrogen and oxygen atoms in total. The largest absolute Gasteiger partial charge is 0.495 e. The number of likely N-dealkylation sites (N-methyl/N-ethyl adjacent to an activating group) is 1. The second-order valence-corrected chi connectivity index (χ2v) is 5.24. The highest BCUT2D eigenvalue weighted by atomic mass is 16.5. The molecule has 1 saturated heterocycles. The molecule has 2 unspecified atom stereocenters. The minimum absolute atomic E-state index is 0.315. The summed E-state index contributed by atoms with van der Waals surface area (Å²) in [6.45, 7) is 2.69. The number of rotatable bonds is 4. The number of carbonyl (C=O) groups is 1. The van der Waals surface area contributed by atoms with E-state index in [9.17, 15) is 4.79 Å². The van der Waals surface area contributed by atoms with Crippen molar-refractivity contribution < 1.29 is 9.53 Å². The van der Waals surface area contributed by atoms with Crippen LogP contribution in [0.5, 0.6) is 5.75 Å². The molecule has 2 rings (SSSR count). The summed E-state index contributed by atoms with van der Waals surface area (Å²) in [7, 11) is 3.61. The minimum Gasteiger partial charge on any atom is -0.495 e. The highest BCUT2D eigenvalue weighted by Gasteiger charge is 2.45. The number of para-hydroxylation sites is 2. The Morgan fingerprint density at radius 2 is 2.21 bits per heavy atom. The van der Waals surface area contributed by atoms with E-state index in [4.69, 9.17) is 10.5 Å². The number of likely N-dealkylation sites (tertiary alicyclic amines) is 1. The number of primary amides is 1. The molecule has 1 amide bonds. The van der Waals surface area contributed by atoms with E-state index in [0.717, 1.165) is 5.69 Å². The Morgan fingerprint density at radius 1 is 1.53 bits per heavy atom. The van der Waals surface area contributed by atoms with E-state index < -0.39 is 5.54 Å². The maximum absolute atomic E-state index is 11.9. The van der Waals surface area contributed by atoms with Crippen LogP contribution in [0.15, 0.2) is 24.3 Å². The summed E-state index contributed by atoms with van der Waals surface area (Å²) in [4.78, 5) is 14.0. The van der Waals surface area contributed by atoms with Crippen molar-refractivity contribution in [2.24, 2.45) is 5.73 Å². The van der Waals surface area contributed by atoms with Gasteiger partial charge in [0.2, 0.25) is 5.91 Å². The lowest BCUT2D eigenvalue weighted by Gasteiger charge is -2.28. The maximum atomic E-state index is 11.9. The Labute approximate surface area is 113 Å². The van der Waals surface area contributed by atoms with Gasteiger partial charge in [-0.1, -0.05) is 12.1 Å². The summed E-state index contributed by atoms with van der Waals surface area (Å²) < 4.78 is 5.31. The predicted octanol–water partition coefficient (Wildman–Crippen LogP) is 1.06. The van der Waals surface area contributed by atoms with Gasteiger partial charge in [0.05, 0.1) is 12.8 Å². The van der Waals surface area contributed by atoms with E-state index in [-0.39, 0.29) is 5.91 Å². The zero-order valence-electron chi connectivity index (χ0n) is 11.6. The number of nitrogens with one attached hydrogen (secondary N) is 1. The molecule has 0 aliphatic carbocycles. The summed E-state index contributed by atoms with van der Waals surface area (Å²) in [5.74, 6) is 0.389. The second kappa shape index (κ2) is 5.09. The van der Waals surface area contributed by atoms with Crippen molar-refractivity contribution in [2.45, 2.75) is 24.9 Å². The lowest BCUT2D eigenvalue weighted by molar-refractivity contribution is -0.121. The summed E-state index contributed by atoms with van der Waals surface area (Å²) >= 11 is 0. The molecule has 1 heterocycles. The molecule has 0 radical (unpaired) electrons. The molecule has 1 aromatic rings. The van der Waals surface area contributed by atoms with Crippen molar-refractivity contribution in [3.63, 3.8) is 0 Å². The SMILES string of the molecule is COc1ccccc1NC1(C(N)=O)CC(C)N(C)C1. The van der Waals surface area contributed by atoms with Crippen LogP contribution in [0.2, 0.25) is 0 Å². The zero-order valence-corrected chi connectivity index (χ0v) is 11.6. The van der Waals surface area contributed by atoms with Crippen LogP contribution in [0.25, 0.3) is 0 Å². The molecule has 0 bridgehead atoms. The van der Waals surface area contributed by atoms with Gasteiger partial charge in [-0.25, -0.2) is 0 Å². The van der Waals surface area contributed by atoms with Crippen LogP contribution in [-0.4, -0.2) is 43.1 Å². The standard InChI is InChI=1S/C14H21N3O2/c1-10-8-14(13(15)18,9-17(10)2)16-11-6-4-5-7-12(11)19-3/h4-7,10,16H,8-9H2,1-3H3,(H2,15,18). The first-order valence-corrected chi connectivity index (χ1v) is 6.40. The number of amides is 1. The van der Waals surface area contributed by atoms with Gasteiger partial charge in [-0.05, 0) is 32.5 Å². The Bertz CT molecular complexity index is 466. The number of hydrogen-bond donors (Lipinski definition) is 2.